The van der Waals surface area contributed by atoms with Crippen LogP contribution in [0.1, 0.15) is 18.7 Å². The summed E-state index contributed by atoms with van der Waals surface area (Å²) >= 11 is 0. The van der Waals surface area contributed by atoms with Crippen LogP contribution in [0.4, 0.5) is 4.39 Å². The van der Waals surface area contributed by atoms with Crippen LogP contribution >= 0.6 is 0 Å². The normalized spacial score (nSPS) is 12.7. The van der Waals surface area contributed by atoms with E-state index < -0.39 is 0 Å². The summed E-state index contributed by atoms with van der Waals surface area (Å²) in [5.41, 5.74) is 1.05. The Morgan fingerprint density at radius 2 is 2.27 bits per heavy atom. The minimum atomic E-state index is -0.348. The van der Waals surface area contributed by atoms with Crippen LogP contribution in [-0.4, -0.2) is 9.55 Å². The molecule has 1 aromatic heterocycles. The third-order valence-corrected chi connectivity index (χ3v) is 2.48. The third-order valence-electron chi connectivity index (χ3n) is 2.48. The Bertz CT molecular complexity index is 551. The summed E-state index contributed by atoms with van der Waals surface area (Å²) in [6, 6.07) is 6.90. The largest absolute Gasteiger partial charge is 0.330 e. The summed E-state index contributed by atoms with van der Waals surface area (Å²) in [7, 11) is 1.79. The van der Waals surface area contributed by atoms with E-state index in [1.165, 1.54) is 6.07 Å². The maximum Gasteiger partial charge on any atom is 0.151 e. The molecule has 3 nitrogen and oxygen atoms in total. The number of halogens is 1. The Morgan fingerprint density at radius 3 is 2.87 bits per heavy atom. The quantitative estimate of drug-likeness (QED) is 0.713. The molecule has 0 saturated carbocycles. The van der Waals surface area contributed by atoms with E-state index in [-0.39, 0.29) is 11.7 Å². The van der Waals surface area contributed by atoms with Gasteiger partial charge in [0.1, 0.15) is 17.3 Å². The first kappa shape index (κ1) is 9.66. The van der Waals surface area contributed by atoms with Gasteiger partial charge in [0.15, 0.2) is 5.82 Å². The Labute approximate surface area is 86.8 Å². The highest BCUT2D eigenvalue weighted by molar-refractivity contribution is 5.76. The first-order valence-electron chi connectivity index (χ1n) is 4.65. The Kier molecular flexibility index (Phi) is 2.16. The maximum atomic E-state index is 13.4. The molecule has 1 unspecified atom stereocenters. The van der Waals surface area contributed by atoms with Gasteiger partial charge in [-0.25, -0.2) is 9.37 Å². The van der Waals surface area contributed by atoms with E-state index >= 15 is 0 Å². The van der Waals surface area contributed by atoms with Crippen molar-refractivity contribution in [3.63, 3.8) is 0 Å². The number of imidazole rings is 1. The summed E-state index contributed by atoms with van der Waals surface area (Å²) in [6.07, 6.45) is 0. The summed E-state index contributed by atoms with van der Waals surface area (Å²) in [4.78, 5) is 4.15. The van der Waals surface area contributed by atoms with Gasteiger partial charge < -0.3 is 4.57 Å². The van der Waals surface area contributed by atoms with E-state index in [0.29, 0.717) is 16.9 Å². The Hall–Kier alpha value is -1.89. The van der Waals surface area contributed by atoms with Crippen molar-refractivity contribution in [2.75, 3.05) is 0 Å². The van der Waals surface area contributed by atoms with Gasteiger partial charge in [-0.3, -0.25) is 0 Å². The molecule has 1 atom stereocenters. The van der Waals surface area contributed by atoms with Crippen molar-refractivity contribution in [1.82, 2.24) is 9.55 Å². The molecule has 2 aromatic rings. The van der Waals surface area contributed by atoms with Crippen LogP contribution in [0.2, 0.25) is 0 Å². The predicted molar refractivity (Wildman–Crippen MR) is 54.7 cm³/mol. The van der Waals surface area contributed by atoms with Gasteiger partial charge in [0, 0.05) is 7.05 Å². The minimum absolute atomic E-state index is 0.331. The van der Waals surface area contributed by atoms with Gasteiger partial charge in [-0.15, -0.1) is 0 Å². The highest BCUT2D eigenvalue weighted by Crippen LogP contribution is 2.22. The van der Waals surface area contributed by atoms with Crippen molar-refractivity contribution in [2.24, 2.45) is 7.05 Å². The predicted octanol–water partition coefficient (Wildman–Crippen LogP) is 2.34. The fourth-order valence-corrected chi connectivity index (χ4v) is 1.64. The highest BCUT2D eigenvalue weighted by atomic mass is 19.1. The SMILES string of the molecule is CC(C#N)c1nc2c(F)cccc2n1C. The molecule has 4 heteroatoms. The van der Waals surface area contributed by atoms with E-state index in [0.717, 1.165) is 0 Å². The lowest BCUT2D eigenvalue weighted by atomic mass is 10.2. The molecule has 0 aliphatic rings. The lowest BCUT2D eigenvalue weighted by Gasteiger charge is -2.02. The lowest BCUT2D eigenvalue weighted by molar-refractivity contribution is 0.637. The number of hydrogen-bond donors (Lipinski definition) is 0. The van der Waals surface area contributed by atoms with Gasteiger partial charge in [0.25, 0.3) is 0 Å². The van der Waals surface area contributed by atoms with Crippen LogP contribution < -0.4 is 0 Å². The Balaban J connectivity index is 2.76. The molecule has 0 aliphatic carbocycles. The molecule has 0 amide bonds. The lowest BCUT2D eigenvalue weighted by Crippen LogP contribution is -2.00. The van der Waals surface area contributed by atoms with Crippen LogP contribution in [-0.2, 0) is 7.05 Å². The maximum absolute atomic E-state index is 13.4. The first-order chi connectivity index (χ1) is 7.15. The molecule has 76 valence electrons. The number of aromatic nitrogens is 2. The molecule has 0 N–H and O–H groups in total. The van der Waals surface area contributed by atoms with Gasteiger partial charge in [-0.1, -0.05) is 6.07 Å². The molecule has 0 saturated heterocycles. The van der Waals surface area contributed by atoms with Gasteiger partial charge in [-0.2, -0.15) is 5.26 Å². The summed E-state index contributed by atoms with van der Waals surface area (Å²) in [5, 5.41) is 8.81. The number of nitriles is 1. The third kappa shape index (κ3) is 1.37. The van der Waals surface area contributed by atoms with Crippen molar-refractivity contribution in [3.8, 4) is 6.07 Å². The number of fused-ring (bicyclic) bond motifs is 1. The second kappa shape index (κ2) is 3.35. The number of benzene rings is 1. The number of rotatable bonds is 1. The van der Waals surface area contributed by atoms with Crippen LogP contribution in [0.25, 0.3) is 11.0 Å². The van der Waals surface area contributed by atoms with Crippen molar-refractivity contribution >= 4 is 11.0 Å². The van der Waals surface area contributed by atoms with Crippen LogP contribution in [0.5, 0.6) is 0 Å². The second-order valence-corrected chi connectivity index (χ2v) is 3.49. The molecule has 0 radical (unpaired) electrons. The number of hydrogen-bond acceptors (Lipinski definition) is 2. The molecule has 0 fully saturated rings. The van der Waals surface area contributed by atoms with E-state index in [4.69, 9.17) is 5.26 Å². The molecule has 1 heterocycles. The summed E-state index contributed by atoms with van der Waals surface area (Å²) in [6.45, 7) is 1.75. The summed E-state index contributed by atoms with van der Waals surface area (Å²) in [5.74, 6) is -0.0844. The van der Waals surface area contributed by atoms with Crippen LogP contribution in [0.3, 0.4) is 0 Å². The second-order valence-electron chi connectivity index (χ2n) is 3.49. The van der Waals surface area contributed by atoms with Crippen molar-refractivity contribution in [1.29, 1.82) is 5.26 Å². The number of nitrogens with zero attached hydrogens (tertiary/aromatic N) is 3. The van der Waals surface area contributed by atoms with Gasteiger partial charge >= 0.3 is 0 Å². The van der Waals surface area contributed by atoms with E-state index in [2.05, 4.69) is 11.1 Å². The fourth-order valence-electron chi connectivity index (χ4n) is 1.64. The standard InChI is InChI=1S/C11H10FN3/c1-7(6-13)11-14-10-8(12)4-3-5-9(10)15(11)2/h3-5,7H,1-2H3. The molecular weight excluding hydrogens is 193 g/mol. The first-order valence-corrected chi connectivity index (χ1v) is 4.65. The zero-order chi connectivity index (χ0) is 11.0. The van der Waals surface area contributed by atoms with E-state index in [1.54, 1.807) is 30.7 Å². The smallest absolute Gasteiger partial charge is 0.151 e. The molecule has 0 bridgehead atoms. The number of para-hydroxylation sites is 1. The van der Waals surface area contributed by atoms with Gasteiger partial charge in [0.05, 0.1) is 11.6 Å². The highest BCUT2D eigenvalue weighted by Gasteiger charge is 2.15. The van der Waals surface area contributed by atoms with Gasteiger partial charge in [-0.05, 0) is 19.1 Å². The van der Waals surface area contributed by atoms with Crippen LogP contribution in [0.15, 0.2) is 18.2 Å². The number of aryl methyl sites for hydroxylation is 1. The zero-order valence-corrected chi connectivity index (χ0v) is 8.53. The molecule has 15 heavy (non-hydrogen) atoms. The van der Waals surface area contributed by atoms with E-state index in [9.17, 15) is 4.39 Å². The van der Waals surface area contributed by atoms with Crippen molar-refractivity contribution in [2.45, 2.75) is 12.8 Å². The van der Waals surface area contributed by atoms with Crippen LogP contribution in [0, 0.1) is 17.1 Å². The molecule has 2 rings (SSSR count). The molecular formula is C11H10FN3. The zero-order valence-electron chi connectivity index (χ0n) is 8.53. The van der Waals surface area contributed by atoms with Crippen molar-refractivity contribution < 1.29 is 4.39 Å². The topological polar surface area (TPSA) is 41.6 Å². The molecule has 0 spiro atoms. The van der Waals surface area contributed by atoms with E-state index in [1.807, 2.05) is 0 Å². The van der Waals surface area contributed by atoms with Gasteiger partial charge in [0.2, 0.25) is 0 Å². The van der Waals surface area contributed by atoms with Crippen molar-refractivity contribution in [3.05, 3.63) is 29.8 Å². The molecule has 1 aromatic carbocycles. The monoisotopic (exact) mass is 203 g/mol. The minimum Gasteiger partial charge on any atom is -0.330 e. The summed E-state index contributed by atoms with van der Waals surface area (Å²) < 4.78 is 15.1. The fraction of sp³-hybridized carbons (Fsp3) is 0.273. The average Bonchev–Trinajstić information content (AvgIpc) is 2.57. The average molecular weight is 203 g/mol. The Morgan fingerprint density at radius 1 is 1.53 bits per heavy atom. The molecule has 0 aliphatic heterocycles.